The molecule has 1 aliphatic rings. The number of benzene rings is 3. The fourth-order valence-electron chi connectivity index (χ4n) is 4.33. The van der Waals surface area contributed by atoms with Crippen LogP contribution in [0, 0.1) is 0 Å². The molecule has 1 N–H and O–H groups in total. The van der Waals surface area contributed by atoms with E-state index >= 15 is 0 Å². The number of likely N-dealkylation sites (tertiary alicyclic amines) is 1. The molecule has 0 spiro atoms. The van der Waals surface area contributed by atoms with Crippen LogP contribution in [-0.2, 0) is 11.2 Å². The molecule has 6 nitrogen and oxygen atoms in total. The highest BCUT2D eigenvalue weighted by molar-refractivity contribution is 7.18. The molecular weight excluding hydrogens is 521 g/mol. The summed E-state index contributed by atoms with van der Waals surface area (Å²) in [5.74, 6) is 0.337. The second-order valence-electron chi connectivity index (χ2n) is 8.94. The number of alkyl halides is 2. The molecule has 3 aromatic rings. The molecule has 4 rings (SSSR count). The average molecular weight is 557 g/mol. The predicted molar refractivity (Wildman–Crippen MR) is 154 cm³/mol. The van der Waals surface area contributed by atoms with Crippen LogP contribution in [0.15, 0.2) is 72.8 Å². The van der Waals surface area contributed by atoms with Crippen LogP contribution in [0.2, 0.25) is 0 Å². The first kappa shape index (κ1) is 30.0. The predicted octanol–water partition coefficient (Wildman–Crippen LogP) is 7.25. The number of ether oxygens (including phenoxy) is 2. The molecule has 1 unspecified atom stereocenters. The quantitative estimate of drug-likeness (QED) is 0.311. The van der Waals surface area contributed by atoms with Gasteiger partial charge in [-0.3, -0.25) is 4.79 Å². The fraction of sp³-hybridized carbons (Fsp3) is 0.333. The van der Waals surface area contributed by atoms with Crippen LogP contribution >= 0.6 is 9.24 Å². The molecule has 1 heterocycles. The van der Waals surface area contributed by atoms with E-state index in [1.807, 2.05) is 32.0 Å². The van der Waals surface area contributed by atoms with Crippen LogP contribution < -0.4 is 10.1 Å². The Balaban J connectivity index is 0.00000205. The summed E-state index contributed by atoms with van der Waals surface area (Å²) in [4.78, 5) is 26.5. The molecule has 1 aliphatic heterocycles. The van der Waals surface area contributed by atoms with E-state index in [0.717, 1.165) is 5.56 Å². The first-order valence-corrected chi connectivity index (χ1v) is 13.6. The maximum absolute atomic E-state index is 13.3. The zero-order valence-electron chi connectivity index (χ0n) is 22.5. The average Bonchev–Trinajstić information content (AvgIpc) is 2.94. The van der Waals surface area contributed by atoms with E-state index < -0.39 is 5.66 Å². The van der Waals surface area contributed by atoms with Crippen molar-refractivity contribution in [3.63, 3.8) is 0 Å². The minimum Gasteiger partial charge on any atom is -0.490 e. The molecule has 0 aliphatic carbocycles. The summed E-state index contributed by atoms with van der Waals surface area (Å²) in [6.45, 7) is 5.12. The van der Waals surface area contributed by atoms with Gasteiger partial charge in [0.15, 0.2) is 0 Å². The van der Waals surface area contributed by atoms with Gasteiger partial charge in [-0.2, -0.15) is 0 Å². The smallest absolute Gasteiger partial charge is 0.409 e. The number of rotatable bonds is 7. The van der Waals surface area contributed by atoms with Crippen molar-refractivity contribution in [1.29, 1.82) is 0 Å². The number of carbonyl (C=O) groups excluding carboxylic acids is 2. The number of hydrogen-bond donors (Lipinski definition) is 1. The molecule has 208 valence electrons. The highest BCUT2D eigenvalue weighted by Crippen LogP contribution is 2.30. The van der Waals surface area contributed by atoms with Crippen molar-refractivity contribution < 1.29 is 27.8 Å². The van der Waals surface area contributed by atoms with Gasteiger partial charge in [0.1, 0.15) is 11.9 Å². The number of anilines is 1. The van der Waals surface area contributed by atoms with Crippen LogP contribution in [0.5, 0.6) is 5.75 Å². The number of hydrogen-bond acceptors (Lipinski definition) is 4. The highest BCUT2D eigenvalue weighted by atomic mass is 31.0. The molecule has 3 aromatic carbocycles. The molecule has 0 aromatic heterocycles. The lowest BCUT2D eigenvalue weighted by Gasteiger charge is -2.31. The summed E-state index contributed by atoms with van der Waals surface area (Å²) in [5.41, 5.74) is 0.164. The zero-order valence-corrected chi connectivity index (χ0v) is 23.6. The van der Waals surface area contributed by atoms with Crippen LogP contribution in [0.25, 0.3) is 11.1 Å². The number of amides is 2. The lowest BCUT2D eigenvalue weighted by Crippen LogP contribution is -2.41. The van der Waals surface area contributed by atoms with Crippen LogP contribution in [0.3, 0.4) is 0 Å². The van der Waals surface area contributed by atoms with Crippen molar-refractivity contribution in [2.24, 2.45) is 0 Å². The normalized spacial score (nSPS) is 13.6. The van der Waals surface area contributed by atoms with E-state index in [0.29, 0.717) is 54.1 Å². The summed E-state index contributed by atoms with van der Waals surface area (Å²) >= 11 is 0. The number of piperidine rings is 1. The SMILES string of the molecule is CC.COC(=O)N1CCC(Oc2cccc(NC(=O)c3ccccc3-c3ccc(CC(F)(F)P)cc3)c2)CC1. The lowest BCUT2D eigenvalue weighted by molar-refractivity contribution is 0.0791. The first-order chi connectivity index (χ1) is 18.7. The second kappa shape index (κ2) is 14.0. The van der Waals surface area contributed by atoms with Gasteiger partial charge in [-0.1, -0.05) is 71.6 Å². The second-order valence-corrected chi connectivity index (χ2v) is 9.78. The van der Waals surface area contributed by atoms with Crippen molar-refractivity contribution in [1.82, 2.24) is 4.90 Å². The Hall–Kier alpha value is -3.51. The van der Waals surface area contributed by atoms with Crippen LogP contribution in [0.1, 0.15) is 42.6 Å². The molecule has 0 saturated carbocycles. The van der Waals surface area contributed by atoms with Crippen LogP contribution in [-0.4, -0.2) is 48.9 Å². The number of nitrogens with one attached hydrogen (secondary N) is 1. The maximum Gasteiger partial charge on any atom is 0.409 e. The minimum atomic E-state index is -2.86. The molecule has 0 radical (unpaired) electrons. The maximum atomic E-state index is 13.3. The Labute approximate surface area is 230 Å². The molecule has 1 fully saturated rings. The van der Waals surface area contributed by atoms with Gasteiger partial charge in [0.2, 0.25) is 0 Å². The number of halogens is 2. The Morgan fingerprint density at radius 1 is 1.00 bits per heavy atom. The van der Waals surface area contributed by atoms with Gasteiger partial charge in [-0.15, -0.1) is 0 Å². The zero-order chi connectivity index (χ0) is 28.4. The molecule has 39 heavy (non-hydrogen) atoms. The monoisotopic (exact) mass is 556 g/mol. The molecule has 2 amide bonds. The van der Waals surface area contributed by atoms with E-state index in [2.05, 4.69) is 5.32 Å². The number of carbonyl (C=O) groups is 2. The van der Waals surface area contributed by atoms with Gasteiger partial charge in [-0.25, -0.2) is 13.6 Å². The lowest BCUT2D eigenvalue weighted by atomic mass is 9.97. The Morgan fingerprint density at radius 2 is 1.67 bits per heavy atom. The number of methoxy groups -OCH3 is 1. The van der Waals surface area contributed by atoms with Crippen LogP contribution in [0.4, 0.5) is 19.3 Å². The molecular formula is C30H35F2N2O4P. The van der Waals surface area contributed by atoms with Gasteiger partial charge in [0.25, 0.3) is 11.6 Å². The molecule has 1 atom stereocenters. The molecule has 0 bridgehead atoms. The highest BCUT2D eigenvalue weighted by Gasteiger charge is 2.25. The third-order valence-electron chi connectivity index (χ3n) is 6.15. The largest absolute Gasteiger partial charge is 0.490 e. The van der Waals surface area contributed by atoms with Crippen molar-refractivity contribution in [3.8, 4) is 16.9 Å². The van der Waals surface area contributed by atoms with Crippen molar-refractivity contribution in [3.05, 3.63) is 83.9 Å². The number of nitrogens with zero attached hydrogens (tertiary/aromatic N) is 1. The van der Waals surface area contributed by atoms with Crippen molar-refractivity contribution in [2.75, 3.05) is 25.5 Å². The van der Waals surface area contributed by atoms with E-state index in [9.17, 15) is 18.4 Å². The Bertz CT molecular complexity index is 1240. The topological polar surface area (TPSA) is 67.9 Å². The van der Waals surface area contributed by atoms with Gasteiger partial charge >= 0.3 is 6.09 Å². The van der Waals surface area contributed by atoms with Crippen molar-refractivity contribution >= 4 is 26.9 Å². The van der Waals surface area contributed by atoms with E-state index in [1.54, 1.807) is 68.7 Å². The van der Waals surface area contributed by atoms with E-state index in [-0.39, 0.29) is 24.5 Å². The summed E-state index contributed by atoms with van der Waals surface area (Å²) in [7, 11) is 2.92. The Kier molecular flexibility index (Phi) is 10.8. The van der Waals surface area contributed by atoms with E-state index in [1.165, 1.54) is 7.11 Å². The molecule has 1 saturated heterocycles. The van der Waals surface area contributed by atoms with Gasteiger partial charge < -0.3 is 19.7 Å². The van der Waals surface area contributed by atoms with Gasteiger partial charge in [0.05, 0.1) is 7.11 Å². The van der Waals surface area contributed by atoms with E-state index in [4.69, 9.17) is 9.47 Å². The minimum absolute atomic E-state index is 0.0400. The third kappa shape index (κ3) is 8.75. The standard InChI is InChI=1S/C28H29F2N2O4P.C2H6/c1-35-27(34)32-15-13-22(14-16-32)36-23-6-4-5-21(17-23)31-26(33)25-8-3-2-7-24(25)20-11-9-19(10-12-20)18-28(29,30)37;1-2/h2-12,17,22H,13-16,18,37H2,1H3,(H,31,33);1-2H3. The first-order valence-electron chi connectivity index (χ1n) is 13.0. The third-order valence-corrected chi connectivity index (χ3v) is 6.35. The Morgan fingerprint density at radius 3 is 2.31 bits per heavy atom. The van der Waals surface area contributed by atoms with Gasteiger partial charge in [-0.05, 0) is 34.9 Å². The molecule has 9 heteroatoms. The summed E-state index contributed by atoms with van der Waals surface area (Å²) in [5, 5.41) is 2.93. The fourth-order valence-corrected chi connectivity index (χ4v) is 4.57. The summed E-state index contributed by atoms with van der Waals surface area (Å²) in [6.07, 6.45) is 0.630. The summed E-state index contributed by atoms with van der Waals surface area (Å²) < 4.78 is 37.5. The van der Waals surface area contributed by atoms with Crippen molar-refractivity contribution in [2.45, 2.75) is 44.9 Å². The van der Waals surface area contributed by atoms with Gasteiger partial charge in [0, 0.05) is 49.7 Å². The summed E-state index contributed by atoms with van der Waals surface area (Å²) in [6, 6.07) is 21.2.